The zero-order valence-electron chi connectivity index (χ0n) is 30.7. The van der Waals surface area contributed by atoms with Gasteiger partial charge in [-0.2, -0.15) is 5.06 Å². The van der Waals surface area contributed by atoms with E-state index in [0.717, 1.165) is 28.8 Å². The highest BCUT2D eigenvalue weighted by Gasteiger charge is 2.57. The molecule has 2 aromatic carbocycles. The van der Waals surface area contributed by atoms with Crippen LogP contribution in [0.4, 0.5) is 5.69 Å². The summed E-state index contributed by atoms with van der Waals surface area (Å²) in [5.41, 5.74) is 3.74. The van der Waals surface area contributed by atoms with Crippen molar-refractivity contribution in [2.75, 3.05) is 51.1 Å². The molecule has 4 fully saturated rings. The highest BCUT2D eigenvalue weighted by molar-refractivity contribution is 9.09. The van der Waals surface area contributed by atoms with E-state index in [4.69, 9.17) is 9.57 Å². The largest absolute Gasteiger partial charge is 0.496 e. The molecule has 0 spiro atoms. The lowest BCUT2D eigenvalue weighted by Crippen LogP contribution is -2.62. The molecule has 8 atom stereocenters. The van der Waals surface area contributed by atoms with Crippen LogP contribution in [0.2, 0.25) is 0 Å². The van der Waals surface area contributed by atoms with Crippen LogP contribution in [0.15, 0.2) is 36.4 Å². The van der Waals surface area contributed by atoms with Crippen molar-refractivity contribution in [3.8, 4) is 16.9 Å². The second-order valence-electron chi connectivity index (χ2n) is 15.1. The number of carbonyl (C=O) groups is 3. The van der Waals surface area contributed by atoms with Gasteiger partial charge in [-0.05, 0) is 66.7 Å². The lowest BCUT2D eigenvalue weighted by molar-refractivity contribution is -0.183. The van der Waals surface area contributed by atoms with Crippen molar-refractivity contribution in [3.63, 3.8) is 0 Å². The van der Waals surface area contributed by atoms with E-state index in [2.05, 4.69) is 52.7 Å². The van der Waals surface area contributed by atoms with Crippen LogP contribution in [0.1, 0.15) is 56.5 Å². The number of hydrogen-bond acceptors (Lipinski definition) is 9. The zero-order chi connectivity index (χ0) is 37.2. The van der Waals surface area contributed by atoms with Crippen molar-refractivity contribution < 1.29 is 34.2 Å². The Morgan fingerprint density at radius 3 is 2.47 bits per heavy atom. The van der Waals surface area contributed by atoms with E-state index in [1.807, 2.05) is 43.3 Å². The molecule has 3 amide bonds. The molecule has 0 radical (unpaired) electrons. The fraction of sp³-hybridized carbons (Fsp3) is 0.605. The maximum atomic E-state index is 14.2. The molecule has 1 saturated heterocycles. The average molecular weight is 773 g/mol. The minimum Gasteiger partial charge on any atom is -0.496 e. The third-order valence-electron chi connectivity index (χ3n) is 11.6. The first-order chi connectivity index (χ1) is 24.2. The molecule has 0 aromatic heterocycles. The number of rotatable bonds is 14. The molecule has 3 aliphatic carbocycles. The van der Waals surface area contributed by atoms with Crippen LogP contribution in [0, 0.1) is 29.1 Å². The van der Waals surface area contributed by atoms with E-state index in [1.165, 1.54) is 6.42 Å². The second-order valence-corrected chi connectivity index (χ2v) is 15.7. The quantitative estimate of drug-likeness (QED) is 0.144. The van der Waals surface area contributed by atoms with Crippen LogP contribution in [-0.2, 0) is 21.0 Å². The van der Waals surface area contributed by atoms with E-state index in [-0.39, 0.29) is 54.2 Å². The molecule has 2 aromatic rings. The fourth-order valence-electron chi connectivity index (χ4n) is 8.51. The SMILES string of the molecule is COc1c(CN2O[C@@H](CO)[C@@H]([C@H](C)O)[C@H]2C(=O)NC2C[C@H]3C[C@@H]([C@@H]2C)C3(C)C)cccc1-c1cc(C(=O)NCCNC(=O)CBr)cc(N(C)C)c1. The van der Waals surface area contributed by atoms with Gasteiger partial charge in [-0.25, -0.2) is 0 Å². The number of hydroxylamine groups is 2. The van der Waals surface area contributed by atoms with Gasteiger partial charge in [0.15, 0.2) is 0 Å². The molecule has 12 nitrogen and oxygen atoms in total. The number of halogens is 1. The van der Waals surface area contributed by atoms with Gasteiger partial charge in [0.2, 0.25) is 11.8 Å². The van der Waals surface area contributed by atoms with Crippen molar-refractivity contribution in [1.82, 2.24) is 21.0 Å². The summed E-state index contributed by atoms with van der Waals surface area (Å²) in [6.07, 6.45) is 0.435. The molecule has 4 aliphatic rings. The van der Waals surface area contributed by atoms with Gasteiger partial charge in [0.25, 0.3) is 5.91 Å². The Kier molecular flexibility index (Phi) is 12.4. The number of ether oxygens (including phenoxy) is 1. The molecule has 1 unspecified atom stereocenters. The molecular weight excluding hydrogens is 718 g/mol. The number of aliphatic hydroxyl groups is 2. The van der Waals surface area contributed by atoms with Crippen LogP contribution in [0.5, 0.6) is 5.75 Å². The molecule has 5 N–H and O–H groups in total. The first kappa shape index (κ1) is 39.0. The van der Waals surface area contributed by atoms with E-state index in [1.54, 1.807) is 31.2 Å². The van der Waals surface area contributed by atoms with Crippen LogP contribution in [-0.4, -0.2) is 104 Å². The predicted octanol–water partition coefficient (Wildman–Crippen LogP) is 3.33. The number of benzene rings is 2. The number of carbonyl (C=O) groups excluding carboxylic acids is 3. The fourth-order valence-corrected chi connectivity index (χ4v) is 8.71. The number of fused-ring (bicyclic) bond motifs is 2. The molecular formula is C38H54BrN5O7. The number of anilines is 1. The number of amides is 3. The highest BCUT2D eigenvalue weighted by Crippen LogP contribution is 2.61. The minimum atomic E-state index is -0.911. The van der Waals surface area contributed by atoms with Crippen LogP contribution in [0.3, 0.4) is 0 Å². The smallest absolute Gasteiger partial charge is 0.251 e. The minimum absolute atomic E-state index is 0.0280. The maximum Gasteiger partial charge on any atom is 0.251 e. The van der Waals surface area contributed by atoms with Gasteiger partial charge in [0, 0.05) is 61.5 Å². The maximum absolute atomic E-state index is 14.2. The molecule has 1 aliphatic heterocycles. The standard InChI is InChI=1S/C38H54BrN5O7/c1-21-29-16-26(38(29,3)4)17-30(21)42-37(49)34-33(22(2)46)31(20-45)51-44(34)19-23-9-8-10-28(35(23)50-7)24-13-25(15-27(14-24)43(5)6)36(48)41-12-11-40-32(47)18-39/h8-10,13-15,21-22,26,29-31,33-34,45-46H,11-12,16-20H2,1-7H3,(H,40,47)(H,41,48)(H,42,49)/t21-,22-,26+,29-,30?,31-,33+,34-/m0/s1. The Morgan fingerprint density at radius 2 is 1.86 bits per heavy atom. The summed E-state index contributed by atoms with van der Waals surface area (Å²) in [6.45, 7) is 8.87. The third kappa shape index (κ3) is 8.07. The lowest BCUT2D eigenvalue weighted by atomic mass is 9.45. The zero-order valence-corrected chi connectivity index (χ0v) is 32.3. The summed E-state index contributed by atoms with van der Waals surface area (Å²) in [6, 6.07) is 10.5. The monoisotopic (exact) mass is 771 g/mol. The Morgan fingerprint density at radius 1 is 1.14 bits per heavy atom. The van der Waals surface area contributed by atoms with Crippen LogP contribution in [0.25, 0.3) is 11.1 Å². The molecule has 3 saturated carbocycles. The average Bonchev–Trinajstić information content (AvgIpc) is 3.48. The Bertz CT molecular complexity index is 1590. The van der Waals surface area contributed by atoms with Gasteiger partial charge in [0.05, 0.1) is 31.7 Å². The van der Waals surface area contributed by atoms with Crippen molar-refractivity contribution in [2.24, 2.45) is 29.1 Å². The molecule has 2 bridgehead atoms. The summed E-state index contributed by atoms with van der Waals surface area (Å²) in [4.78, 5) is 47.1. The number of methoxy groups -OCH3 is 1. The highest BCUT2D eigenvalue weighted by atomic mass is 79.9. The Balaban J connectivity index is 1.41. The van der Waals surface area contributed by atoms with Gasteiger partial charge < -0.3 is 35.8 Å². The first-order valence-corrected chi connectivity index (χ1v) is 19.0. The topological polar surface area (TPSA) is 153 Å². The number of nitrogens with zero attached hydrogens (tertiary/aromatic N) is 2. The van der Waals surface area contributed by atoms with Crippen molar-refractivity contribution in [1.29, 1.82) is 0 Å². The number of nitrogens with one attached hydrogen (secondary N) is 3. The lowest BCUT2D eigenvalue weighted by Gasteiger charge is -2.62. The third-order valence-corrected chi connectivity index (χ3v) is 12.1. The molecule has 13 heteroatoms. The number of para-hydroxylation sites is 1. The Labute approximate surface area is 309 Å². The summed E-state index contributed by atoms with van der Waals surface area (Å²) >= 11 is 3.11. The summed E-state index contributed by atoms with van der Waals surface area (Å²) in [7, 11) is 5.37. The van der Waals surface area contributed by atoms with E-state index < -0.39 is 24.2 Å². The molecule has 280 valence electrons. The van der Waals surface area contributed by atoms with Crippen molar-refractivity contribution in [3.05, 3.63) is 47.5 Å². The second kappa shape index (κ2) is 16.2. The first-order valence-electron chi connectivity index (χ1n) is 17.8. The number of aliphatic hydroxyl groups excluding tert-OH is 2. The summed E-state index contributed by atoms with van der Waals surface area (Å²) < 4.78 is 6.01. The van der Waals surface area contributed by atoms with Crippen LogP contribution < -0.4 is 25.6 Å². The predicted molar refractivity (Wildman–Crippen MR) is 199 cm³/mol. The van der Waals surface area contributed by atoms with Gasteiger partial charge in [0.1, 0.15) is 17.9 Å². The number of hydrogen-bond donors (Lipinski definition) is 5. The normalized spacial score (nSPS) is 27.2. The molecule has 51 heavy (non-hydrogen) atoms. The molecule has 1 heterocycles. The Hall–Kier alpha value is -3.23. The van der Waals surface area contributed by atoms with E-state index in [0.29, 0.717) is 35.6 Å². The summed E-state index contributed by atoms with van der Waals surface area (Å²) in [5, 5.41) is 31.9. The van der Waals surface area contributed by atoms with E-state index in [9.17, 15) is 24.6 Å². The molecule has 6 rings (SSSR count). The van der Waals surface area contributed by atoms with Gasteiger partial charge in [-0.1, -0.05) is 54.9 Å². The van der Waals surface area contributed by atoms with E-state index >= 15 is 0 Å². The van der Waals surface area contributed by atoms with Crippen LogP contribution >= 0.6 is 15.9 Å². The van der Waals surface area contributed by atoms with Gasteiger partial charge >= 0.3 is 0 Å². The number of alkyl halides is 1. The summed E-state index contributed by atoms with van der Waals surface area (Å²) in [5.74, 6) is 0.667. The van der Waals surface area contributed by atoms with Gasteiger partial charge in [-0.15, -0.1) is 0 Å². The van der Waals surface area contributed by atoms with Gasteiger partial charge in [-0.3, -0.25) is 19.2 Å². The van der Waals surface area contributed by atoms with Crippen molar-refractivity contribution >= 4 is 39.3 Å². The van der Waals surface area contributed by atoms with Crippen molar-refractivity contribution in [2.45, 2.75) is 71.4 Å².